The number of benzene rings is 1. The zero-order chi connectivity index (χ0) is 18.0. The highest BCUT2D eigenvalue weighted by Gasteiger charge is 2.45. The minimum absolute atomic E-state index is 0.0418. The van der Waals surface area contributed by atoms with Gasteiger partial charge in [-0.05, 0) is 37.1 Å². The van der Waals surface area contributed by atoms with Crippen molar-refractivity contribution in [3.05, 3.63) is 46.7 Å². The van der Waals surface area contributed by atoms with Gasteiger partial charge in [0.1, 0.15) is 5.82 Å². The van der Waals surface area contributed by atoms with Gasteiger partial charge in [0.2, 0.25) is 5.91 Å². The number of piperazine rings is 1. The van der Waals surface area contributed by atoms with Crippen LogP contribution in [0.1, 0.15) is 17.7 Å². The molecule has 0 bridgehead atoms. The third-order valence-electron chi connectivity index (χ3n) is 5.17. The Hall–Kier alpha value is -1.99. The van der Waals surface area contributed by atoms with Gasteiger partial charge < -0.3 is 10.2 Å². The molecule has 138 valence electrons. The lowest BCUT2D eigenvalue weighted by atomic mass is 10.2. The summed E-state index contributed by atoms with van der Waals surface area (Å²) < 4.78 is 13.1. The molecule has 5 nitrogen and oxygen atoms in total. The number of hydrogen-bond acceptors (Lipinski definition) is 5. The van der Waals surface area contributed by atoms with E-state index >= 15 is 0 Å². The lowest BCUT2D eigenvalue weighted by Crippen LogP contribution is -2.52. The van der Waals surface area contributed by atoms with Crippen molar-refractivity contribution in [1.82, 2.24) is 15.2 Å². The molecule has 1 aliphatic heterocycles. The maximum atomic E-state index is 13.1. The Labute approximate surface area is 156 Å². The molecular weight excluding hydrogens is 351 g/mol. The van der Waals surface area contributed by atoms with E-state index in [-0.39, 0.29) is 17.3 Å². The number of carbonyl (C=O) groups is 1. The summed E-state index contributed by atoms with van der Waals surface area (Å²) in [4.78, 5) is 22.0. The molecule has 1 amide bonds. The molecule has 0 spiro atoms. The summed E-state index contributed by atoms with van der Waals surface area (Å²) in [7, 11) is 0. The quantitative estimate of drug-likeness (QED) is 0.843. The number of nitrogens with zero attached hydrogens (tertiary/aromatic N) is 3. The summed E-state index contributed by atoms with van der Waals surface area (Å²) in [5.41, 5.74) is 2.79. The number of thiazole rings is 1. The third-order valence-corrected chi connectivity index (χ3v) is 5.95. The molecule has 26 heavy (non-hydrogen) atoms. The molecule has 2 fully saturated rings. The second kappa shape index (κ2) is 7.32. The standard InChI is InChI=1S/C19H23FN4OS/c20-15-1-3-16(4-2-15)24-9-7-23(8-10-24)13-19(5-6-19)22-18(25)11-17-12-21-14-26-17/h1-4,12,14H,5-11,13H2,(H,22,25). The smallest absolute Gasteiger partial charge is 0.225 e. The van der Waals surface area contributed by atoms with Crippen LogP contribution in [0.25, 0.3) is 0 Å². The van der Waals surface area contributed by atoms with Crippen LogP contribution in [-0.4, -0.2) is 54.1 Å². The SMILES string of the molecule is O=C(Cc1cncs1)NC1(CN2CCN(c3ccc(F)cc3)CC2)CC1. The average molecular weight is 374 g/mol. The van der Waals surface area contributed by atoms with Crippen molar-refractivity contribution in [3.63, 3.8) is 0 Å². The van der Waals surface area contributed by atoms with Crippen molar-refractivity contribution < 1.29 is 9.18 Å². The summed E-state index contributed by atoms with van der Waals surface area (Å²) in [5.74, 6) is -0.103. The minimum Gasteiger partial charge on any atom is -0.369 e. The van der Waals surface area contributed by atoms with Gasteiger partial charge in [-0.3, -0.25) is 14.7 Å². The summed E-state index contributed by atoms with van der Waals surface area (Å²) in [6, 6.07) is 6.71. The molecule has 2 heterocycles. The molecule has 1 aromatic heterocycles. The molecule has 0 atom stereocenters. The maximum Gasteiger partial charge on any atom is 0.225 e. The first-order valence-corrected chi connectivity index (χ1v) is 9.91. The first-order chi connectivity index (χ1) is 12.6. The Balaban J connectivity index is 1.26. The van der Waals surface area contributed by atoms with E-state index in [0.717, 1.165) is 56.1 Å². The van der Waals surface area contributed by atoms with E-state index in [1.165, 1.54) is 23.5 Å². The molecule has 1 saturated heterocycles. The fourth-order valence-corrected chi connectivity index (χ4v) is 4.14. The van der Waals surface area contributed by atoms with Crippen LogP contribution in [0.5, 0.6) is 0 Å². The number of nitrogens with one attached hydrogen (secondary N) is 1. The number of aromatic nitrogens is 1. The van der Waals surface area contributed by atoms with Gasteiger partial charge in [0.05, 0.1) is 17.5 Å². The number of halogens is 1. The van der Waals surface area contributed by atoms with Crippen molar-refractivity contribution in [2.45, 2.75) is 24.8 Å². The number of carbonyl (C=O) groups excluding carboxylic acids is 1. The highest BCUT2D eigenvalue weighted by Crippen LogP contribution is 2.36. The second-order valence-electron chi connectivity index (χ2n) is 7.21. The Bertz CT molecular complexity index is 737. The Morgan fingerprint density at radius 2 is 1.92 bits per heavy atom. The normalized spacial score (nSPS) is 19.3. The number of rotatable bonds is 6. The number of hydrogen-bond donors (Lipinski definition) is 1. The van der Waals surface area contributed by atoms with E-state index in [1.54, 1.807) is 11.7 Å². The molecule has 1 N–H and O–H groups in total. The Morgan fingerprint density at radius 1 is 1.19 bits per heavy atom. The van der Waals surface area contributed by atoms with Gasteiger partial charge in [0.15, 0.2) is 0 Å². The second-order valence-corrected chi connectivity index (χ2v) is 8.18. The van der Waals surface area contributed by atoms with Crippen molar-refractivity contribution in [2.24, 2.45) is 0 Å². The molecule has 0 radical (unpaired) electrons. The highest BCUT2D eigenvalue weighted by atomic mass is 32.1. The maximum absolute atomic E-state index is 13.1. The predicted molar refractivity (Wildman–Crippen MR) is 101 cm³/mol. The Kier molecular flexibility index (Phi) is 4.91. The lowest BCUT2D eigenvalue weighted by Gasteiger charge is -2.38. The van der Waals surface area contributed by atoms with Crippen LogP contribution in [0.15, 0.2) is 36.0 Å². The lowest BCUT2D eigenvalue weighted by molar-refractivity contribution is -0.121. The molecule has 1 aliphatic carbocycles. The first-order valence-electron chi connectivity index (χ1n) is 9.03. The summed E-state index contributed by atoms with van der Waals surface area (Å²) in [5, 5.41) is 3.25. The first kappa shape index (κ1) is 17.4. The highest BCUT2D eigenvalue weighted by molar-refractivity contribution is 7.09. The molecule has 1 aromatic carbocycles. The predicted octanol–water partition coefficient (Wildman–Crippen LogP) is 2.30. The minimum atomic E-state index is -0.197. The molecule has 4 rings (SSSR count). The van der Waals surface area contributed by atoms with Gasteiger partial charge in [0.25, 0.3) is 0 Å². The zero-order valence-corrected chi connectivity index (χ0v) is 15.5. The molecule has 2 aliphatic rings. The van der Waals surface area contributed by atoms with E-state index in [2.05, 4.69) is 20.1 Å². The van der Waals surface area contributed by atoms with Crippen molar-refractivity contribution >= 4 is 22.9 Å². The van der Waals surface area contributed by atoms with Crippen molar-refractivity contribution in [3.8, 4) is 0 Å². The van der Waals surface area contributed by atoms with E-state index in [4.69, 9.17) is 0 Å². The fraction of sp³-hybridized carbons (Fsp3) is 0.474. The number of anilines is 1. The molecular formula is C19H23FN4OS. The van der Waals surface area contributed by atoms with Crippen LogP contribution in [0.3, 0.4) is 0 Å². The monoisotopic (exact) mass is 374 g/mol. The van der Waals surface area contributed by atoms with Gasteiger partial charge in [-0.25, -0.2) is 4.39 Å². The third kappa shape index (κ3) is 4.22. The van der Waals surface area contributed by atoms with E-state index < -0.39 is 0 Å². The van der Waals surface area contributed by atoms with Crippen LogP contribution >= 0.6 is 11.3 Å². The van der Waals surface area contributed by atoms with Gasteiger partial charge in [0, 0.05) is 49.5 Å². The molecule has 7 heteroatoms. The summed E-state index contributed by atoms with van der Waals surface area (Å²) in [6.07, 6.45) is 4.29. The number of amides is 1. The van der Waals surface area contributed by atoms with Crippen LogP contribution < -0.4 is 10.2 Å². The van der Waals surface area contributed by atoms with E-state index in [9.17, 15) is 9.18 Å². The van der Waals surface area contributed by atoms with Crippen LogP contribution in [0.2, 0.25) is 0 Å². The average Bonchev–Trinajstić information content (AvgIpc) is 3.17. The van der Waals surface area contributed by atoms with E-state index in [0.29, 0.717) is 6.42 Å². The summed E-state index contributed by atoms with van der Waals surface area (Å²) in [6.45, 7) is 4.69. The van der Waals surface area contributed by atoms with Gasteiger partial charge in [-0.2, -0.15) is 0 Å². The Morgan fingerprint density at radius 3 is 2.54 bits per heavy atom. The van der Waals surface area contributed by atoms with Gasteiger partial charge in [-0.1, -0.05) is 0 Å². The topological polar surface area (TPSA) is 48.5 Å². The van der Waals surface area contributed by atoms with Crippen molar-refractivity contribution in [2.75, 3.05) is 37.6 Å². The van der Waals surface area contributed by atoms with Crippen molar-refractivity contribution in [1.29, 1.82) is 0 Å². The summed E-state index contributed by atoms with van der Waals surface area (Å²) >= 11 is 1.52. The van der Waals surface area contributed by atoms with Gasteiger partial charge in [-0.15, -0.1) is 11.3 Å². The van der Waals surface area contributed by atoms with Crippen LogP contribution in [0, 0.1) is 5.82 Å². The molecule has 2 aromatic rings. The van der Waals surface area contributed by atoms with Crippen LogP contribution in [0.4, 0.5) is 10.1 Å². The van der Waals surface area contributed by atoms with Gasteiger partial charge >= 0.3 is 0 Å². The van der Waals surface area contributed by atoms with Crippen LogP contribution in [-0.2, 0) is 11.2 Å². The molecule has 1 saturated carbocycles. The van der Waals surface area contributed by atoms with E-state index in [1.807, 2.05) is 12.1 Å². The fourth-order valence-electron chi connectivity index (χ4n) is 3.55. The molecule has 0 unspecified atom stereocenters. The largest absolute Gasteiger partial charge is 0.369 e. The zero-order valence-electron chi connectivity index (χ0n) is 14.7.